The van der Waals surface area contributed by atoms with Crippen LogP contribution in [0.2, 0.25) is 0 Å². The van der Waals surface area contributed by atoms with Crippen molar-refractivity contribution < 1.29 is 30.6 Å². The van der Waals surface area contributed by atoms with Crippen molar-refractivity contribution in [3.8, 4) is 11.5 Å². The lowest BCUT2D eigenvalue weighted by Crippen LogP contribution is -2.53. The summed E-state index contributed by atoms with van der Waals surface area (Å²) in [6, 6.07) is 3.66. The van der Waals surface area contributed by atoms with Gasteiger partial charge in [-0.3, -0.25) is 0 Å². The summed E-state index contributed by atoms with van der Waals surface area (Å²) in [6.07, 6.45) is -2.42. The van der Waals surface area contributed by atoms with Crippen LogP contribution < -0.4 is 5.32 Å². The Morgan fingerprint density at radius 3 is 2.33 bits per heavy atom. The minimum atomic E-state index is -1.39. The number of hydrogen-bond acceptors (Lipinski definition) is 7. The summed E-state index contributed by atoms with van der Waals surface area (Å²) in [4.78, 5) is 0. The smallest absolute Gasteiger partial charge is 0.157 e. The molecule has 1 aromatic carbocycles. The lowest BCUT2D eigenvalue weighted by molar-refractivity contribution is -0.0643. The summed E-state index contributed by atoms with van der Waals surface area (Å²) in [5.74, 6) is -0.474. The number of rotatable bonds is 4. The molecular weight excluding hydrogens is 278 g/mol. The van der Waals surface area contributed by atoms with E-state index in [2.05, 4.69) is 5.32 Å². The molecule has 7 nitrogen and oxygen atoms in total. The maximum Gasteiger partial charge on any atom is 0.157 e. The van der Waals surface area contributed by atoms with Crippen LogP contribution in [0, 0.1) is 0 Å². The molecule has 0 amide bonds. The van der Waals surface area contributed by atoms with E-state index in [4.69, 9.17) is 5.11 Å². The van der Waals surface area contributed by atoms with Gasteiger partial charge in [0, 0.05) is 6.54 Å². The summed E-state index contributed by atoms with van der Waals surface area (Å²) >= 11 is 0. The predicted octanol–water partition coefficient (Wildman–Crippen LogP) is -1.43. The van der Waals surface area contributed by atoms with Gasteiger partial charge in [-0.2, -0.15) is 0 Å². The zero-order valence-corrected chi connectivity index (χ0v) is 11.2. The third kappa shape index (κ3) is 3.34. The van der Waals surface area contributed by atoms with E-state index in [0.717, 1.165) is 0 Å². The maximum absolute atomic E-state index is 9.91. The average molecular weight is 297 g/mol. The Hall–Kier alpha value is -1.64. The van der Waals surface area contributed by atoms with Gasteiger partial charge in [0.05, 0.1) is 12.6 Å². The fourth-order valence-electron chi connectivity index (χ4n) is 2.29. The zero-order chi connectivity index (χ0) is 15.6. The van der Waals surface area contributed by atoms with Crippen LogP contribution in [0.4, 0.5) is 0 Å². The number of aromatic hydroxyl groups is 2. The highest BCUT2D eigenvalue weighted by molar-refractivity contribution is 5.40. The normalized spacial score (nSPS) is 29.2. The molecule has 4 unspecified atom stereocenters. The fourth-order valence-corrected chi connectivity index (χ4v) is 2.29. The van der Waals surface area contributed by atoms with E-state index < -0.39 is 31.0 Å². The van der Waals surface area contributed by atoms with Crippen molar-refractivity contribution in [1.82, 2.24) is 5.32 Å². The van der Waals surface area contributed by atoms with Crippen molar-refractivity contribution in [1.29, 1.82) is 0 Å². The first-order chi connectivity index (χ1) is 9.93. The molecule has 1 aliphatic carbocycles. The molecule has 4 atom stereocenters. The monoisotopic (exact) mass is 297 g/mol. The molecule has 0 bridgehead atoms. The number of hydrogen-bond donors (Lipinski definition) is 7. The van der Waals surface area contributed by atoms with Crippen molar-refractivity contribution in [2.45, 2.75) is 30.9 Å². The largest absolute Gasteiger partial charge is 0.504 e. The van der Waals surface area contributed by atoms with Gasteiger partial charge in [-0.1, -0.05) is 12.1 Å². The van der Waals surface area contributed by atoms with Gasteiger partial charge in [0.15, 0.2) is 11.5 Å². The first kappa shape index (κ1) is 15.7. The van der Waals surface area contributed by atoms with E-state index in [1.54, 1.807) is 6.07 Å². The lowest BCUT2D eigenvalue weighted by Gasteiger charge is -2.34. The number of nitrogens with one attached hydrogen (secondary N) is 1. The highest BCUT2D eigenvalue weighted by Crippen LogP contribution is 2.25. The molecule has 1 aliphatic rings. The van der Waals surface area contributed by atoms with E-state index in [1.807, 2.05) is 0 Å². The zero-order valence-electron chi connectivity index (χ0n) is 11.2. The second-order valence-electron chi connectivity index (χ2n) is 5.06. The van der Waals surface area contributed by atoms with Crippen molar-refractivity contribution in [3.05, 3.63) is 35.4 Å². The van der Waals surface area contributed by atoms with Crippen molar-refractivity contribution in [2.24, 2.45) is 0 Å². The molecule has 21 heavy (non-hydrogen) atoms. The van der Waals surface area contributed by atoms with Gasteiger partial charge in [-0.05, 0) is 23.3 Å². The van der Waals surface area contributed by atoms with Crippen LogP contribution >= 0.6 is 0 Å². The van der Waals surface area contributed by atoms with Crippen LogP contribution in [0.15, 0.2) is 29.8 Å². The number of benzene rings is 1. The molecule has 7 heteroatoms. The highest BCUT2D eigenvalue weighted by Gasteiger charge is 2.36. The molecule has 0 aliphatic heterocycles. The topological polar surface area (TPSA) is 133 Å². The van der Waals surface area contributed by atoms with Gasteiger partial charge in [0.1, 0.15) is 18.3 Å². The molecule has 0 fully saturated rings. The molecule has 0 radical (unpaired) electrons. The van der Waals surface area contributed by atoms with Gasteiger partial charge < -0.3 is 36.0 Å². The number of aliphatic hydroxyl groups excluding tert-OH is 4. The quantitative estimate of drug-likeness (QED) is 0.268. The first-order valence-corrected chi connectivity index (χ1v) is 6.54. The molecule has 0 saturated heterocycles. The van der Waals surface area contributed by atoms with Crippen LogP contribution in [-0.4, -0.2) is 61.6 Å². The van der Waals surface area contributed by atoms with Crippen LogP contribution in [0.3, 0.4) is 0 Å². The molecule has 1 aromatic rings. The van der Waals surface area contributed by atoms with Crippen LogP contribution in [0.25, 0.3) is 0 Å². The third-order valence-electron chi connectivity index (χ3n) is 3.58. The van der Waals surface area contributed by atoms with E-state index in [9.17, 15) is 25.5 Å². The van der Waals surface area contributed by atoms with Crippen LogP contribution in [-0.2, 0) is 6.54 Å². The molecule has 116 valence electrons. The van der Waals surface area contributed by atoms with E-state index >= 15 is 0 Å². The van der Waals surface area contributed by atoms with Crippen molar-refractivity contribution in [2.75, 3.05) is 6.61 Å². The van der Waals surface area contributed by atoms with E-state index in [0.29, 0.717) is 5.56 Å². The Labute approximate surface area is 121 Å². The van der Waals surface area contributed by atoms with Gasteiger partial charge in [0.2, 0.25) is 0 Å². The fraction of sp³-hybridized carbons (Fsp3) is 0.429. The minimum absolute atomic E-state index is 0.225. The van der Waals surface area contributed by atoms with E-state index in [1.165, 1.54) is 18.2 Å². The maximum atomic E-state index is 9.91. The second-order valence-corrected chi connectivity index (χ2v) is 5.06. The molecule has 7 N–H and O–H groups in total. The number of phenols is 2. The van der Waals surface area contributed by atoms with Crippen molar-refractivity contribution in [3.63, 3.8) is 0 Å². The van der Waals surface area contributed by atoms with Crippen LogP contribution in [0.5, 0.6) is 11.5 Å². The second kappa shape index (κ2) is 6.42. The Bertz CT molecular complexity index is 532. The molecular formula is C14H19NO6. The van der Waals surface area contributed by atoms with Gasteiger partial charge >= 0.3 is 0 Å². The average Bonchev–Trinajstić information content (AvgIpc) is 2.47. The Balaban J connectivity index is 2.07. The molecule has 0 aromatic heterocycles. The standard InChI is InChI=1S/C14H19NO6/c16-6-8-4-9(13(20)14(21)12(8)19)15-5-7-1-2-10(17)11(18)3-7/h1-4,9,12-21H,5-6H2. The molecule has 0 spiro atoms. The lowest BCUT2D eigenvalue weighted by atomic mass is 9.88. The molecule has 0 saturated carbocycles. The predicted molar refractivity (Wildman–Crippen MR) is 73.6 cm³/mol. The third-order valence-corrected chi connectivity index (χ3v) is 3.58. The summed E-state index contributed by atoms with van der Waals surface area (Å²) in [7, 11) is 0. The Kier molecular flexibility index (Phi) is 4.81. The minimum Gasteiger partial charge on any atom is -0.504 e. The molecule has 0 heterocycles. The summed E-state index contributed by atoms with van der Waals surface area (Å²) in [5.41, 5.74) is 0.899. The van der Waals surface area contributed by atoms with Gasteiger partial charge in [-0.25, -0.2) is 0 Å². The molecule has 2 rings (SSSR count). The number of aliphatic hydroxyl groups is 4. The Morgan fingerprint density at radius 1 is 1.00 bits per heavy atom. The van der Waals surface area contributed by atoms with Gasteiger partial charge in [-0.15, -0.1) is 0 Å². The van der Waals surface area contributed by atoms with Gasteiger partial charge in [0.25, 0.3) is 0 Å². The summed E-state index contributed by atoms with van der Waals surface area (Å²) < 4.78 is 0. The van der Waals surface area contributed by atoms with Crippen molar-refractivity contribution >= 4 is 0 Å². The summed E-state index contributed by atoms with van der Waals surface area (Å²) in [6.45, 7) is -0.156. The first-order valence-electron chi connectivity index (χ1n) is 6.54. The number of phenolic OH excluding ortho intramolecular Hbond substituents is 2. The van der Waals surface area contributed by atoms with Crippen LogP contribution in [0.1, 0.15) is 5.56 Å². The van der Waals surface area contributed by atoms with E-state index in [-0.39, 0.29) is 23.6 Å². The SMILES string of the molecule is OCC1=CC(NCc2ccc(O)c(O)c2)C(O)C(O)C1O. The Morgan fingerprint density at radius 2 is 1.71 bits per heavy atom. The summed E-state index contributed by atoms with van der Waals surface area (Å²) in [5, 5.41) is 60.0. The highest BCUT2D eigenvalue weighted by atomic mass is 16.4.